The van der Waals surface area contributed by atoms with E-state index in [-0.39, 0.29) is 0 Å². The summed E-state index contributed by atoms with van der Waals surface area (Å²) in [5.41, 5.74) is 0.985. The van der Waals surface area contributed by atoms with Gasteiger partial charge in [0.25, 0.3) is 0 Å². The van der Waals surface area contributed by atoms with Crippen molar-refractivity contribution in [3.05, 3.63) is 40.5 Å². The van der Waals surface area contributed by atoms with E-state index >= 15 is 0 Å². The highest BCUT2D eigenvalue weighted by molar-refractivity contribution is 7.09. The Labute approximate surface area is 128 Å². The number of hydrogen-bond donors (Lipinski definition) is 0. The van der Waals surface area contributed by atoms with Crippen molar-refractivity contribution < 1.29 is 0 Å². The van der Waals surface area contributed by atoms with Gasteiger partial charge in [0.2, 0.25) is 0 Å². The summed E-state index contributed by atoms with van der Waals surface area (Å²) in [5, 5.41) is 3.21. The summed E-state index contributed by atoms with van der Waals surface area (Å²) in [7, 11) is 0. The first-order valence-electron chi connectivity index (χ1n) is 6.73. The summed E-state index contributed by atoms with van der Waals surface area (Å²) in [6.45, 7) is 5.06. The van der Waals surface area contributed by atoms with E-state index in [0.29, 0.717) is 5.88 Å². The first kappa shape index (κ1) is 13.8. The van der Waals surface area contributed by atoms with E-state index in [1.165, 1.54) is 0 Å². The molecule has 0 spiro atoms. The lowest BCUT2D eigenvalue weighted by Crippen LogP contribution is -2.46. The quantitative estimate of drug-likeness (QED) is 0.813. The third kappa shape index (κ3) is 3.29. The summed E-state index contributed by atoms with van der Waals surface area (Å²) >= 11 is 7.49. The van der Waals surface area contributed by atoms with Crippen molar-refractivity contribution in [1.82, 2.24) is 14.9 Å². The van der Waals surface area contributed by atoms with Crippen LogP contribution in [0.4, 0.5) is 5.82 Å². The second-order valence-electron chi connectivity index (χ2n) is 4.82. The number of pyridine rings is 1. The van der Waals surface area contributed by atoms with E-state index in [1.54, 1.807) is 11.3 Å². The molecule has 0 bridgehead atoms. The molecule has 106 valence electrons. The molecule has 1 aliphatic rings. The molecule has 0 atom stereocenters. The third-order valence-corrected chi connectivity index (χ3v) is 4.60. The van der Waals surface area contributed by atoms with Crippen molar-refractivity contribution >= 4 is 28.8 Å². The molecule has 1 aliphatic heterocycles. The maximum Gasteiger partial charge on any atom is 0.128 e. The molecule has 1 fully saturated rings. The van der Waals surface area contributed by atoms with Crippen LogP contribution in [-0.4, -0.2) is 41.0 Å². The maximum absolute atomic E-state index is 5.79. The third-order valence-electron chi connectivity index (χ3n) is 3.44. The minimum absolute atomic E-state index is 0.504. The molecule has 4 nitrogen and oxygen atoms in total. The van der Waals surface area contributed by atoms with E-state index < -0.39 is 0 Å². The highest BCUT2D eigenvalue weighted by atomic mass is 35.5. The first-order chi connectivity index (χ1) is 9.85. The second-order valence-corrected chi connectivity index (χ2v) is 6.03. The number of aromatic nitrogens is 2. The zero-order valence-corrected chi connectivity index (χ0v) is 12.8. The molecule has 0 N–H and O–H groups in total. The summed E-state index contributed by atoms with van der Waals surface area (Å²) in [6, 6.07) is 6.07. The van der Waals surface area contributed by atoms with Gasteiger partial charge < -0.3 is 4.90 Å². The fourth-order valence-corrected chi connectivity index (χ4v) is 3.41. The van der Waals surface area contributed by atoms with Crippen LogP contribution in [0.15, 0.2) is 29.8 Å². The summed E-state index contributed by atoms with van der Waals surface area (Å²) in [4.78, 5) is 13.7. The SMILES string of the molecule is ClCc1csc(CN2CCN(c3ccccn3)CC2)n1. The Morgan fingerprint density at radius 3 is 2.70 bits per heavy atom. The molecular weight excluding hydrogens is 292 g/mol. The average molecular weight is 309 g/mol. The smallest absolute Gasteiger partial charge is 0.128 e. The number of rotatable bonds is 4. The van der Waals surface area contributed by atoms with Gasteiger partial charge in [-0.2, -0.15) is 0 Å². The van der Waals surface area contributed by atoms with Gasteiger partial charge in [0.15, 0.2) is 0 Å². The predicted octanol–water partition coefficient (Wildman–Crippen LogP) is 2.60. The average Bonchev–Trinajstić information content (AvgIpc) is 2.97. The van der Waals surface area contributed by atoms with Gasteiger partial charge in [0, 0.05) is 37.8 Å². The molecule has 6 heteroatoms. The fraction of sp³-hybridized carbons (Fsp3) is 0.429. The van der Waals surface area contributed by atoms with Crippen LogP contribution in [0.2, 0.25) is 0 Å². The number of nitrogens with zero attached hydrogens (tertiary/aromatic N) is 4. The number of halogens is 1. The Balaban J connectivity index is 1.53. The van der Waals surface area contributed by atoms with Crippen molar-refractivity contribution in [2.24, 2.45) is 0 Å². The lowest BCUT2D eigenvalue weighted by molar-refractivity contribution is 0.249. The van der Waals surface area contributed by atoms with Gasteiger partial charge in [-0.1, -0.05) is 6.07 Å². The zero-order chi connectivity index (χ0) is 13.8. The van der Waals surface area contributed by atoms with E-state index in [9.17, 15) is 0 Å². The van der Waals surface area contributed by atoms with Crippen LogP contribution >= 0.6 is 22.9 Å². The highest BCUT2D eigenvalue weighted by Gasteiger charge is 2.18. The summed E-state index contributed by atoms with van der Waals surface area (Å²) in [5.74, 6) is 1.58. The van der Waals surface area contributed by atoms with Crippen LogP contribution in [0.1, 0.15) is 10.7 Å². The van der Waals surface area contributed by atoms with E-state index in [2.05, 4.69) is 25.8 Å². The molecule has 0 saturated carbocycles. The second kappa shape index (κ2) is 6.52. The van der Waals surface area contributed by atoms with Crippen molar-refractivity contribution in [2.45, 2.75) is 12.4 Å². The van der Waals surface area contributed by atoms with E-state index in [0.717, 1.165) is 49.2 Å². The van der Waals surface area contributed by atoms with Crippen molar-refractivity contribution in [1.29, 1.82) is 0 Å². The topological polar surface area (TPSA) is 32.3 Å². The standard InChI is InChI=1S/C14H17ClN4S/c15-9-12-11-20-14(17-12)10-18-5-7-19(8-6-18)13-3-1-2-4-16-13/h1-4,11H,5-10H2. The highest BCUT2D eigenvalue weighted by Crippen LogP contribution is 2.17. The van der Waals surface area contributed by atoms with Crippen molar-refractivity contribution in [3.8, 4) is 0 Å². The number of alkyl halides is 1. The van der Waals surface area contributed by atoms with Gasteiger partial charge in [0.05, 0.1) is 18.1 Å². The Morgan fingerprint density at radius 1 is 1.20 bits per heavy atom. The summed E-state index contributed by atoms with van der Waals surface area (Å²) in [6.07, 6.45) is 1.85. The van der Waals surface area contributed by atoms with Crippen molar-refractivity contribution in [3.63, 3.8) is 0 Å². The maximum atomic E-state index is 5.79. The zero-order valence-electron chi connectivity index (χ0n) is 11.2. The minimum Gasteiger partial charge on any atom is -0.354 e. The monoisotopic (exact) mass is 308 g/mol. The number of hydrogen-bond acceptors (Lipinski definition) is 5. The fourth-order valence-electron chi connectivity index (χ4n) is 2.35. The molecule has 2 aromatic rings. The molecule has 1 saturated heterocycles. The lowest BCUT2D eigenvalue weighted by atomic mass is 10.3. The van der Waals surface area contributed by atoms with Gasteiger partial charge >= 0.3 is 0 Å². The Morgan fingerprint density at radius 2 is 2.05 bits per heavy atom. The molecule has 20 heavy (non-hydrogen) atoms. The van der Waals surface area contributed by atoms with Gasteiger partial charge in [-0.15, -0.1) is 22.9 Å². The Hall–Kier alpha value is -1.17. The molecule has 0 radical (unpaired) electrons. The molecular formula is C14H17ClN4S. The Kier molecular flexibility index (Phi) is 4.50. The molecule has 0 unspecified atom stereocenters. The van der Waals surface area contributed by atoms with Crippen LogP contribution in [0.3, 0.4) is 0 Å². The van der Waals surface area contributed by atoms with Crippen LogP contribution in [0, 0.1) is 0 Å². The van der Waals surface area contributed by atoms with Crippen LogP contribution in [-0.2, 0) is 12.4 Å². The normalized spacial score (nSPS) is 16.6. The number of anilines is 1. The first-order valence-corrected chi connectivity index (χ1v) is 8.14. The van der Waals surface area contributed by atoms with E-state index in [1.807, 2.05) is 23.7 Å². The largest absolute Gasteiger partial charge is 0.354 e. The van der Waals surface area contributed by atoms with Gasteiger partial charge in [0.1, 0.15) is 10.8 Å². The van der Waals surface area contributed by atoms with Crippen LogP contribution in [0.5, 0.6) is 0 Å². The molecule has 3 rings (SSSR count). The van der Waals surface area contributed by atoms with Gasteiger partial charge in [-0.25, -0.2) is 9.97 Å². The van der Waals surface area contributed by atoms with Gasteiger partial charge in [-0.05, 0) is 12.1 Å². The Bertz CT molecular complexity index is 537. The predicted molar refractivity (Wildman–Crippen MR) is 83.4 cm³/mol. The summed E-state index contributed by atoms with van der Waals surface area (Å²) < 4.78 is 0. The van der Waals surface area contributed by atoms with E-state index in [4.69, 9.17) is 11.6 Å². The molecule has 2 aromatic heterocycles. The van der Waals surface area contributed by atoms with Crippen LogP contribution < -0.4 is 4.90 Å². The van der Waals surface area contributed by atoms with Crippen LogP contribution in [0.25, 0.3) is 0 Å². The molecule has 3 heterocycles. The number of thiazole rings is 1. The van der Waals surface area contributed by atoms with Gasteiger partial charge in [-0.3, -0.25) is 4.90 Å². The molecule has 0 amide bonds. The molecule has 0 aromatic carbocycles. The van der Waals surface area contributed by atoms with Crippen molar-refractivity contribution in [2.75, 3.05) is 31.1 Å². The molecule has 0 aliphatic carbocycles. The lowest BCUT2D eigenvalue weighted by Gasteiger charge is -2.34. The minimum atomic E-state index is 0.504. The number of piperazine rings is 1.